The van der Waals surface area contributed by atoms with Crippen LogP contribution in [-0.4, -0.2) is 47.7 Å². The number of rotatable bonds is 4. The molecule has 0 fully saturated rings. The quantitative estimate of drug-likeness (QED) is 0.127. The van der Waals surface area contributed by atoms with Crippen molar-refractivity contribution in [3.8, 4) is 11.5 Å². The SMILES string of the molecule is C=C.CC.CC(C)(C)c1cc(CCC=O)cc(C(C)(C)C)c1O.CC(C)(C)c1cc(CN)cc(C(C)(C)C)c1O.COC.OCO. The number of ether oxygens (including phenoxy) is 1. The molecule has 0 saturated heterocycles. The minimum absolute atomic E-state index is 0.0741. The number of aliphatic hydroxyl groups is 2. The van der Waals surface area contributed by atoms with Crippen LogP contribution in [0.25, 0.3) is 0 Å². The predicted molar refractivity (Wildman–Crippen MR) is 198 cm³/mol. The Morgan fingerprint density at radius 3 is 1.04 bits per heavy atom. The van der Waals surface area contributed by atoms with Gasteiger partial charge >= 0.3 is 0 Å². The van der Waals surface area contributed by atoms with Gasteiger partial charge in [0, 0.05) is 27.2 Å². The molecule has 0 unspecified atom stereocenters. The second-order valence-corrected chi connectivity index (χ2v) is 14.5. The van der Waals surface area contributed by atoms with Crippen molar-refractivity contribution in [3.05, 3.63) is 70.8 Å². The maximum Gasteiger partial charge on any atom is 0.140 e. The predicted octanol–water partition coefficient (Wildman–Crippen LogP) is 8.58. The number of phenolic OH excluding ortho intramolecular Hbond substituents is 2. The van der Waals surface area contributed by atoms with Gasteiger partial charge in [0.1, 0.15) is 24.6 Å². The number of hydrogen-bond acceptors (Lipinski definition) is 7. The number of aliphatic hydroxyl groups excluding tert-OH is 1. The summed E-state index contributed by atoms with van der Waals surface area (Å²) in [5.74, 6) is 0.817. The van der Waals surface area contributed by atoms with E-state index in [1.165, 1.54) is 0 Å². The van der Waals surface area contributed by atoms with Gasteiger partial charge in [-0.2, -0.15) is 0 Å². The van der Waals surface area contributed by atoms with E-state index in [1.54, 1.807) is 14.2 Å². The minimum atomic E-state index is -0.750. The lowest BCUT2D eigenvalue weighted by Gasteiger charge is -2.28. The first-order chi connectivity index (χ1) is 21.0. The van der Waals surface area contributed by atoms with Gasteiger partial charge < -0.3 is 35.7 Å². The highest BCUT2D eigenvalue weighted by Crippen LogP contribution is 2.41. The Balaban J connectivity index is -0.000000300. The summed E-state index contributed by atoms with van der Waals surface area (Å²) in [7, 11) is 3.25. The number of carbonyl (C=O) groups is 1. The van der Waals surface area contributed by atoms with Gasteiger partial charge in [-0.05, 0) is 61.5 Å². The molecule has 7 heteroatoms. The van der Waals surface area contributed by atoms with Gasteiger partial charge in [0.15, 0.2) is 0 Å². The highest BCUT2D eigenvalue weighted by Gasteiger charge is 2.27. The second kappa shape index (κ2) is 23.6. The zero-order chi connectivity index (χ0) is 37.7. The van der Waals surface area contributed by atoms with Gasteiger partial charge in [-0.1, -0.05) is 121 Å². The van der Waals surface area contributed by atoms with E-state index in [0.29, 0.717) is 24.5 Å². The first kappa shape index (κ1) is 50.2. The zero-order valence-electron chi connectivity index (χ0n) is 32.3. The van der Waals surface area contributed by atoms with Crippen molar-refractivity contribution in [1.82, 2.24) is 0 Å². The fourth-order valence-corrected chi connectivity index (χ4v) is 4.16. The molecule has 2 rings (SSSR count). The molecule has 0 aliphatic heterocycles. The van der Waals surface area contributed by atoms with Crippen LogP contribution in [0.1, 0.15) is 137 Å². The minimum Gasteiger partial charge on any atom is -0.507 e. The third-order valence-corrected chi connectivity index (χ3v) is 6.36. The summed E-state index contributed by atoms with van der Waals surface area (Å²) in [6, 6.07) is 8.11. The Morgan fingerprint density at radius 2 is 0.870 bits per heavy atom. The van der Waals surface area contributed by atoms with Crippen LogP contribution in [0.4, 0.5) is 0 Å². The number of aldehydes is 1. The van der Waals surface area contributed by atoms with E-state index in [0.717, 1.165) is 46.1 Å². The lowest BCUT2D eigenvalue weighted by molar-refractivity contribution is -0.107. The maximum absolute atomic E-state index is 10.6. The molecule has 268 valence electrons. The van der Waals surface area contributed by atoms with Crippen LogP contribution in [-0.2, 0) is 44.2 Å². The topological polar surface area (TPSA) is 133 Å². The lowest BCUT2D eigenvalue weighted by atomic mass is 9.78. The average Bonchev–Trinajstić information content (AvgIpc) is 2.93. The molecule has 46 heavy (non-hydrogen) atoms. The van der Waals surface area contributed by atoms with Crippen LogP contribution in [0, 0.1) is 0 Å². The highest BCUT2D eigenvalue weighted by molar-refractivity contribution is 5.53. The summed E-state index contributed by atoms with van der Waals surface area (Å²) >= 11 is 0. The molecule has 0 aromatic heterocycles. The van der Waals surface area contributed by atoms with Crippen molar-refractivity contribution in [1.29, 1.82) is 0 Å². The average molecular weight is 650 g/mol. The lowest BCUT2D eigenvalue weighted by Crippen LogP contribution is -2.18. The number of nitrogens with two attached hydrogens (primary N) is 1. The van der Waals surface area contributed by atoms with Gasteiger partial charge in [0.2, 0.25) is 0 Å². The maximum atomic E-state index is 10.6. The monoisotopic (exact) mass is 650 g/mol. The van der Waals surface area contributed by atoms with Gasteiger partial charge in [-0.25, -0.2) is 0 Å². The number of benzene rings is 2. The second-order valence-electron chi connectivity index (χ2n) is 14.5. The third kappa shape index (κ3) is 19.1. The smallest absolute Gasteiger partial charge is 0.140 e. The summed E-state index contributed by atoms with van der Waals surface area (Å²) in [6.07, 6.45) is 2.20. The Kier molecular flexibility index (Phi) is 25.7. The van der Waals surface area contributed by atoms with Gasteiger partial charge in [0.05, 0.1) is 0 Å². The molecule has 2 aromatic carbocycles. The van der Waals surface area contributed by atoms with Crippen LogP contribution < -0.4 is 5.73 Å². The molecule has 7 nitrogen and oxygen atoms in total. The molecule has 2 aromatic rings. The summed E-state index contributed by atoms with van der Waals surface area (Å²) in [5, 5.41) is 35.2. The number of hydrogen-bond donors (Lipinski definition) is 5. The molecule has 0 amide bonds. The number of methoxy groups -OCH3 is 1. The first-order valence-electron chi connectivity index (χ1n) is 16.0. The molecule has 0 bridgehead atoms. The van der Waals surface area contributed by atoms with Gasteiger partial charge in [-0.15, -0.1) is 13.2 Å². The van der Waals surface area contributed by atoms with Crippen molar-refractivity contribution >= 4 is 6.29 Å². The van der Waals surface area contributed by atoms with Gasteiger partial charge in [-0.3, -0.25) is 0 Å². The van der Waals surface area contributed by atoms with E-state index in [1.807, 2.05) is 38.1 Å². The van der Waals surface area contributed by atoms with Crippen molar-refractivity contribution in [3.63, 3.8) is 0 Å². The normalized spacial score (nSPS) is 10.9. The third-order valence-electron chi connectivity index (χ3n) is 6.36. The Hall–Kier alpha value is -2.71. The molecule has 0 heterocycles. The molecule has 0 spiro atoms. The zero-order valence-corrected chi connectivity index (χ0v) is 32.3. The van der Waals surface area contributed by atoms with Crippen LogP contribution in [0.3, 0.4) is 0 Å². The Labute approximate surface area is 282 Å². The summed E-state index contributed by atoms with van der Waals surface area (Å²) in [5.41, 5.74) is 11.5. The molecule has 0 radical (unpaired) electrons. The van der Waals surface area contributed by atoms with E-state index >= 15 is 0 Å². The number of carbonyl (C=O) groups excluding carboxylic acids is 1. The van der Waals surface area contributed by atoms with Gasteiger partial charge in [0.25, 0.3) is 0 Å². The Morgan fingerprint density at radius 1 is 0.652 bits per heavy atom. The van der Waals surface area contributed by atoms with E-state index in [9.17, 15) is 15.0 Å². The molecule has 0 aliphatic carbocycles. The van der Waals surface area contributed by atoms with Crippen molar-refractivity contribution in [2.45, 2.75) is 138 Å². The van der Waals surface area contributed by atoms with E-state index < -0.39 is 6.79 Å². The molecule has 6 N–H and O–H groups in total. The summed E-state index contributed by atoms with van der Waals surface area (Å²) < 4.78 is 4.25. The standard InChI is InChI=1S/C17H26O2.C15H25NO.C2H6O.C2H6.C2H4.CH4O2/c1-16(2,3)13-10-12(8-7-9-18)11-14(15(13)19)17(4,5)6;1-14(2,3)11-7-10(9-16)8-12(13(11)17)15(4,5)6;1-3-2;2*1-2;2-1-3/h9-11,19H,7-8H2,1-6H3;7-8,17H,9,16H2,1-6H3;1-2H3;1-2H3;1-2H2;2-3H,1H2. The molecule has 0 aliphatic rings. The fraction of sp³-hybridized carbons (Fsp3) is 0.615. The van der Waals surface area contributed by atoms with E-state index in [-0.39, 0.29) is 21.7 Å². The molecular formula is C39H71NO6. The fourth-order valence-electron chi connectivity index (χ4n) is 4.16. The Bertz CT molecular complexity index is 1030. The van der Waals surface area contributed by atoms with E-state index in [4.69, 9.17) is 15.9 Å². The van der Waals surface area contributed by atoms with E-state index in [2.05, 4.69) is 101 Å². The number of aryl methyl sites for hydroxylation is 1. The van der Waals surface area contributed by atoms with Crippen molar-refractivity contribution in [2.24, 2.45) is 5.73 Å². The first-order valence-corrected chi connectivity index (χ1v) is 16.0. The van der Waals surface area contributed by atoms with Crippen molar-refractivity contribution in [2.75, 3.05) is 21.0 Å². The van der Waals surface area contributed by atoms with Crippen molar-refractivity contribution < 1.29 is 30.0 Å². The molecule has 0 atom stereocenters. The summed E-state index contributed by atoms with van der Waals surface area (Å²) in [4.78, 5) is 10.6. The molecule has 0 saturated carbocycles. The van der Waals surface area contributed by atoms with Crippen LogP contribution in [0.2, 0.25) is 0 Å². The number of aromatic hydroxyl groups is 2. The van der Waals surface area contributed by atoms with Crippen LogP contribution in [0.15, 0.2) is 37.4 Å². The van der Waals surface area contributed by atoms with Crippen LogP contribution in [0.5, 0.6) is 11.5 Å². The van der Waals surface area contributed by atoms with Crippen LogP contribution >= 0.6 is 0 Å². The largest absolute Gasteiger partial charge is 0.507 e. The highest BCUT2D eigenvalue weighted by atomic mass is 16.5. The summed E-state index contributed by atoms with van der Waals surface area (Å²) in [6.45, 7) is 35.0. The molecular weight excluding hydrogens is 578 g/mol. The number of phenols is 2.